The number of nitrogens with zero attached hydrogens (tertiary/aromatic N) is 1. The van der Waals surface area contributed by atoms with E-state index in [2.05, 4.69) is 26.0 Å². The monoisotopic (exact) mass is 677 g/mol. The second kappa shape index (κ2) is 13.5. The number of hydrogen-bond donors (Lipinski definition) is 2. The molecule has 1 heterocycles. The summed E-state index contributed by atoms with van der Waals surface area (Å²) in [6.45, 7) is 1.14. The molecule has 3 aromatic carbocycles. The van der Waals surface area contributed by atoms with E-state index in [1.54, 1.807) is 25.1 Å². The summed E-state index contributed by atoms with van der Waals surface area (Å²) < 4.78 is 48.3. The smallest absolute Gasteiger partial charge is 0.325 e. The molecule has 220 valence electrons. The van der Waals surface area contributed by atoms with E-state index in [1.165, 1.54) is 48.5 Å². The molecule has 42 heavy (non-hydrogen) atoms. The van der Waals surface area contributed by atoms with Crippen molar-refractivity contribution in [1.82, 2.24) is 10.2 Å². The maximum absolute atomic E-state index is 14.5. The number of hydrogen-bond acceptors (Lipinski definition) is 8. The van der Waals surface area contributed by atoms with Gasteiger partial charge in [-0.15, -0.1) is 0 Å². The van der Waals surface area contributed by atoms with Crippen molar-refractivity contribution in [2.45, 2.75) is 30.0 Å². The summed E-state index contributed by atoms with van der Waals surface area (Å²) in [6, 6.07) is 15.9. The molecule has 2 N–H and O–H groups in total. The molecule has 0 aliphatic carbocycles. The molecule has 1 aliphatic rings. The van der Waals surface area contributed by atoms with Crippen molar-refractivity contribution in [3.63, 3.8) is 0 Å². The Morgan fingerprint density at radius 2 is 1.76 bits per heavy atom. The Labute approximate surface area is 254 Å². The summed E-state index contributed by atoms with van der Waals surface area (Å²) in [5.41, 5.74) is 1.22. The number of imide groups is 1. The Morgan fingerprint density at radius 3 is 2.36 bits per heavy atom. The van der Waals surface area contributed by atoms with Gasteiger partial charge in [0.15, 0.2) is 0 Å². The van der Waals surface area contributed by atoms with E-state index in [1.807, 2.05) is 0 Å². The van der Waals surface area contributed by atoms with E-state index >= 15 is 0 Å². The first-order chi connectivity index (χ1) is 19.9. The van der Waals surface area contributed by atoms with E-state index in [9.17, 15) is 32.0 Å². The average molecular weight is 679 g/mol. The zero-order valence-electron chi connectivity index (χ0n) is 22.1. The highest BCUT2D eigenvalue weighted by atomic mass is 79.9. The molecule has 0 radical (unpaired) electrons. The van der Waals surface area contributed by atoms with Crippen LogP contribution in [0.2, 0.25) is 0 Å². The fourth-order valence-electron chi connectivity index (χ4n) is 4.04. The number of nitrogens with one attached hydrogen (secondary N) is 2. The number of carbonyl (C=O) groups is 4. The minimum atomic E-state index is -3.99. The molecule has 0 aromatic heterocycles. The maximum Gasteiger partial charge on any atom is 0.325 e. The van der Waals surface area contributed by atoms with Crippen molar-refractivity contribution in [1.29, 1.82) is 0 Å². The molecule has 10 nitrogen and oxygen atoms in total. The van der Waals surface area contributed by atoms with Gasteiger partial charge in [0.25, 0.3) is 21.2 Å². The molecule has 0 saturated carbocycles. The third-order valence-corrected chi connectivity index (χ3v) is 8.97. The van der Waals surface area contributed by atoms with Crippen LogP contribution in [0.4, 0.5) is 14.9 Å². The minimum absolute atomic E-state index is 0.0249. The third kappa shape index (κ3) is 7.95. The number of ether oxygens (including phenoxy) is 1. The number of esters is 1. The van der Waals surface area contributed by atoms with Gasteiger partial charge in [0, 0.05) is 27.8 Å². The highest BCUT2D eigenvalue weighted by molar-refractivity contribution is 9.10. The Kier molecular flexibility index (Phi) is 10.0. The van der Waals surface area contributed by atoms with Crippen LogP contribution in [0, 0.1) is 5.82 Å². The molecule has 0 spiro atoms. The van der Waals surface area contributed by atoms with Crippen LogP contribution in [-0.4, -0.2) is 54.7 Å². The van der Waals surface area contributed by atoms with Gasteiger partial charge < -0.3 is 9.64 Å². The molecule has 3 aromatic rings. The second-order valence-electron chi connectivity index (χ2n) is 9.12. The highest BCUT2D eigenvalue weighted by Crippen LogP contribution is 2.24. The summed E-state index contributed by atoms with van der Waals surface area (Å²) in [5.74, 6) is -2.17. The molecule has 4 rings (SSSR count). The van der Waals surface area contributed by atoms with Crippen molar-refractivity contribution in [3.05, 3.63) is 93.7 Å². The quantitative estimate of drug-likeness (QED) is 0.283. The minimum Gasteiger partial charge on any atom is -0.465 e. The van der Waals surface area contributed by atoms with Crippen LogP contribution < -0.4 is 10.0 Å². The lowest BCUT2D eigenvalue weighted by atomic mass is 10.1. The highest BCUT2D eigenvalue weighted by Gasteiger charge is 2.31. The lowest BCUT2D eigenvalue weighted by Gasteiger charge is -2.22. The number of benzene rings is 3. The predicted octanol–water partition coefficient (Wildman–Crippen LogP) is 4.49. The summed E-state index contributed by atoms with van der Waals surface area (Å²) in [5, 5.41) is 1.23. The number of rotatable bonds is 11. The average Bonchev–Trinajstić information content (AvgIpc) is 3.26. The number of halogens is 2. The van der Waals surface area contributed by atoms with Crippen LogP contribution in [-0.2, 0) is 37.3 Å². The van der Waals surface area contributed by atoms with Crippen molar-refractivity contribution >= 4 is 66.4 Å². The van der Waals surface area contributed by atoms with Gasteiger partial charge in [-0.3, -0.25) is 29.2 Å². The summed E-state index contributed by atoms with van der Waals surface area (Å²) >= 11 is 4.08. The fourth-order valence-corrected chi connectivity index (χ4v) is 6.29. The van der Waals surface area contributed by atoms with Gasteiger partial charge in [-0.05, 0) is 67.4 Å². The zero-order valence-corrected chi connectivity index (χ0v) is 25.4. The van der Waals surface area contributed by atoms with E-state index in [0.717, 1.165) is 16.7 Å². The van der Waals surface area contributed by atoms with Gasteiger partial charge >= 0.3 is 5.97 Å². The lowest BCUT2D eigenvalue weighted by molar-refractivity contribution is -0.144. The Hall–Kier alpha value is -3.75. The molecule has 1 aliphatic heterocycles. The molecular formula is C28H25BrFN3O7S2. The van der Waals surface area contributed by atoms with Gasteiger partial charge in [0.1, 0.15) is 12.4 Å². The molecule has 1 saturated heterocycles. The van der Waals surface area contributed by atoms with Gasteiger partial charge in [-0.1, -0.05) is 45.9 Å². The van der Waals surface area contributed by atoms with E-state index in [4.69, 9.17) is 4.74 Å². The van der Waals surface area contributed by atoms with Crippen molar-refractivity contribution in [3.8, 4) is 0 Å². The summed E-state index contributed by atoms with van der Waals surface area (Å²) in [6.07, 6.45) is 0.271. The predicted molar refractivity (Wildman–Crippen MR) is 158 cm³/mol. The van der Waals surface area contributed by atoms with Gasteiger partial charge in [0.05, 0.1) is 16.8 Å². The Balaban J connectivity index is 1.45. The second-order valence-corrected chi connectivity index (χ2v) is 12.9. The maximum atomic E-state index is 14.5. The zero-order chi connectivity index (χ0) is 30.4. The van der Waals surface area contributed by atoms with Gasteiger partial charge in [0.2, 0.25) is 5.91 Å². The van der Waals surface area contributed by atoms with Gasteiger partial charge in [-0.2, -0.15) is 0 Å². The molecular weight excluding hydrogens is 653 g/mol. The lowest BCUT2D eigenvalue weighted by Crippen LogP contribution is -2.36. The Bertz CT molecular complexity index is 1620. The van der Waals surface area contributed by atoms with Crippen molar-refractivity contribution < 1.29 is 36.7 Å². The van der Waals surface area contributed by atoms with Crippen LogP contribution >= 0.6 is 27.7 Å². The van der Waals surface area contributed by atoms with Crippen LogP contribution in [0.1, 0.15) is 28.4 Å². The van der Waals surface area contributed by atoms with E-state index in [0.29, 0.717) is 10.0 Å². The van der Waals surface area contributed by atoms with E-state index < -0.39 is 44.8 Å². The van der Waals surface area contributed by atoms with Crippen molar-refractivity contribution in [2.75, 3.05) is 17.9 Å². The fraction of sp³-hybridized carbons (Fsp3) is 0.214. The number of amides is 3. The summed E-state index contributed by atoms with van der Waals surface area (Å²) in [4.78, 5) is 49.7. The van der Waals surface area contributed by atoms with E-state index in [-0.39, 0.29) is 47.2 Å². The first-order valence-corrected chi connectivity index (χ1v) is 15.7. The normalized spacial score (nSPS) is 14.8. The van der Waals surface area contributed by atoms with Crippen LogP contribution in [0.5, 0.6) is 0 Å². The Morgan fingerprint density at radius 1 is 1.07 bits per heavy atom. The molecule has 3 amide bonds. The number of carbonyl (C=O) groups excluding carboxylic acids is 4. The topological polar surface area (TPSA) is 139 Å². The van der Waals surface area contributed by atoms with Crippen molar-refractivity contribution in [2.24, 2.45) is 0 Å². The SMILES string of the molecule is CCOC(=O)CN(Cc1ccc(Br)cc1F)C(=O)c1ccc(NS(=O)(=O)c2ccc(CC3SC(=O)NC3=O)cc2)cc1. The van der Waals surface area contributed by atoms with Crippen LogP contribution in [0.3, 0.4) is 0 Å². The first kappa shape index (κ1) is 31.2. The third-order valence-electron chi connectivity index (χ3n) is 6.09. The molecule has 1 unspecified atom stereocenters. The van der Waals surface area contributed by atoms with Crippen LogP contribution in [0.15, 0.2) is 76.1 Å². The molecule has 14 heteroatoms. The molecule has 0 bridgehead atoms. The molecule has 1 atom stereocenters. The van der Waals surface area contributed by atoms with Crippen LogP contribution in [0.25, 0.3) is 0 Å². The number of sulfonamides is 1. The number of anilines is 1. The first-order valence-electron chi connectivity index (χ1n) is 12.6. The number of thioether (sulfide) groups is 1. The molecule has 1 fully saturated rings. The largest absolute Gasteiger partial charge is 0.465 e. The standard InChI is InChI=1S/C28H25BrFN3O7S2/c1-2-40-25(34)16-33(15-19-5-8-20(29)14-23(19)30)27(36)18-6-9-21(10-7-18)32-42(38,39)22-11-3-17(4-12-22)13-24-26(35)31-28(37)41-24/h3-12,14,24,32H,2,13,15-16H2,1H3,(H,31,35,37). The summed E-state index contributed by atoms with van der Waals surface area (Å²) in [7, 11) is -3.99. The van der Waals surface area contributed by atoms with Gasteiger partial charge in [-0.25, -0.2) is 12.8 Å².